The Morgan fingerprint density at radius 1 is 1.38 bits per heavy atom. The van der Waals surface area contributed by atoms with Crippen LogP contribution in [0.15, 0.2) is 22.7 Å². The number of hydrogen-bond donors (Lipinski definition) is 2. The van der Waals surface area contributed by atoms with E-state index in [4.69, 9.17) is 5.73 Å². The zero-order valence-corrected chi connectivity index (χ0v) is 15.3. The van der Waals surface area contributed by atoms with Crippen molar-refractivity contribution in [2.24, 2.45) is 23.5 Å². The minimum atomic E-state index is -2.90. The Morgan fingerprint density at radius 2 is 2.08 bits per heavy atom. The van der Waals surface area contributed by atoms with Crippen molar-refractivity contribution < 1.29 is 18.3 Å². The summed E-state index contributed by atoms with van der Waals surface area (Å²) in [6.07, 6.45) is 3.18. The number of carbonyl (C=O) groups excluding carboxylic acids is 1. The van der Waals surface area contributed by atoms with Crippen molar-refractivity contribution in [1.82, 2.24) is 5.32 Å². The Kier molecular flexibility index (Phi) is 6.45. The number of halogens is 4. The second-order valence-electron chi connectivity index (χ2n) is 6.28. The van der Waals surface area contributed by atoms with E-state index in [1.807, 2.05) is 0 Å². The van der Waals surface area contributed by atoms with Crippen molar-refractivity contribution in [3.05, 3.63) is 28.2 Å². The number of nitrogens with one attached hydrogen (secondary N) is 1. The Hall–Kier alpha value is -0.920. The molecule has 0 radical (unpaired) electrons. The Bertz CT molecular complexity index is 603. The summed E-state index contributed by atoms with van der Waals surface area (Å²) >= 11 is 3.30. The highest BCUT2D eigenvalue weighted by Gasteiger charge is 2.48. The number of rotatable bonds is 5. The molecule has 0 heterocycles. The van der Waals surface area contributed by atoms with E-state index in [0.29, 0.717) is 17.4 Å². The van der Waals surface area contributed by atoms with Gasteiger partial charge in [0, 0.05) is 22.6 Å². The number of nitrogens with two attached hydrogens (primary N) is 1. The molecule has 8 heteroatoms. The lowest BCUT2D eigenvalue weighted by molar-refractivity contribution is -0.127. The molecule has 0 saturated heterocycles. The summed E-state index contributed by atoms with van der Waals surface area (Å²) in [4.78, 5) is 12.4. The van der Waals surface area contributed by atoms with E-state index in [2.05, 4.69) is 26.0 Å². The molecular weight excluding hydrogens is 406 g/mol. The van der Waals surface area contributed by atoms with E-state index in [1.165, 1.54) is 6.07 Å². The molecule has 4 atom stereocenters. The predicted molar refractivity (Wildman–Crippen MR) is 92.2 cm³/mol. The normalized spacial score (nSPS) is 27.9. The SMILES string of the molecule is Cl.NC1C2CCC(C2)C1C(=O)NCc1cc(Br)ccc1OC(F)F. The second kappa shape index (κ2) is 7.97. The summed E-state index contributed by atoms with van der Waals surface area (Å²) in [6.45, 7) is -2.76. The number of fused-ring (bicyclic) bond motifs is 2. The van der Waals surface area contributed by atoms with E-state index < -0.39 is 6.61 Å². The molecule has 1 aromatic carbocycles. The minimum Gasteiger partial charge on any atom is -0.434 e. The smallest absolute Gasteiger partial charge is 0.387 e. The largest absolute Gasteiger partial charge is 0.434 e. The molecule has 0 spiro atoms. The highest BCUT2D eigenvalue weighted by molar-refractivity contribution is 9.10. The molecular formula is C16H20BrClF2N2O2. The molecule has 0 aromatic heterocycles. The molecule has 2 aliphatic rings. The van der Waals surface area contributed by atoms with Gasteiger partial charge in [-0.25, -0.2) is 0 Å². The fourth-order valence-electron chi connectivity index (χ4n) is 3.92. The van der Waals surface area contributed by atoms with Crippen LogP contribution in [0, 0.1) is 17.8 Å². The molecule has 24 heavy (non-hydrogen) atoms. The van der Waals surface area contributed by atoms with Gasteiger partial charge in [-0.1, -0.05) is 15.9 Å². The van der Waals surface area contributed by atoms with Crippen molar-refractivity contribution >= 4 is 34.2 Å². The standard InChI is InChI=1S/C16H19BrF2N2O2.ClH/c17-11-3-4-12(23-16(18)19)10(6-11)7-21-15(22)13-8-1-2-9(5-8)14(13)20;/h3-4,6,8-9,13-14,16H,1-2,5,7,20H2,(H,21,22);1H. The average Bonchev–Trinajstić information content (AvgIpc) is 3.07. The van der Waals surface area contributed by atoms with Gasteiger partial charge in [-0.15, -0.1) is 12.4 Å². The van der Waals surface area contributed by atoms with Crippen molar-refractivity contribution in [3.8, 4) is 5.75 Å². The summed E-state index contributed by atoms with van der Waals surface area (Å²) in [7, 11) is 0. The van der Waals surface area contributed by atoms with Crippen LogP contribution >= 0.6 is 28.3 Å². The lowest BCUT2D eigenvalue weighted by Crippen LogP contribution is -2.45. The van der Waals surface area contributed by atoms with Gasteiger partial charge in [-0.05, 0) is 49.3 Å². The maximum absolute atomic E-state index is 12.5. The molecule has 2 aliphatic carbocycles. The fourth-order valence-corrected chi connectivity index (χ4v) is 4.33. The maximum Gasteiger partial charge on any atom is 0.387 e. The van der Waals surface area contributed by atoms with Crippen LogP contribution in [-0.2, 0) is 11.3 Å². The van der Waals surface area contributed by atoms with Gasteiger partial charge in [0.25, 0.3) is 0 Å². The average molecular weight is 426 g/mol. The lowest BCUT2D eigenvalue weighted by Gasteiger charge is -2.27. The first-order valence-electron chi connectivity index (χ1n) is 7.72. The topological polar surface area (TPSA) is 64.4 Å². The van der Waals surface area contributed by atoms with Gasteiger partial charge in [0.15, 0.2) is 0 Å². The van der Waals surface area contributed by atoms with Crippen molar-refractivity contribution in [1.29, 1.82) is 0 Å². The van der Waals surface area contributed by atoms with Gasteiger partial charge in [-0.3, -0.25) is 4.79 Å². The van der Waals surface area contributed by atoms with Crippen molar-refractivity contribution in [3.63, 3.8) is 0 Å². The highest BCUT2D eigenvalue weighted by atomic mass is 79.9. The molecule has 3 rings (SSSR count). The van der Waals surface area contributed by atoms with Gasteiger partial charge in [0.1, 0.15) is 5.75 Å². The van der Waals surface area contributed by atoms with Crippen LogP contribution in [0.25, 0.3) is 0 Å². The molecule has 1 aromatic rings. The molecule has 4 unspecified atom stereocenters. The third-order valence-electron chi connectivity index (χ3n) is 4.98. The van der Waals surface area contributed by atoms with Crippen LogP contribution in [0.1, 0.15) is 24.8 Å². The molecule has 2 fully saturated rings. The number of amides is 1. The second-order valence-corrected chi connectivity index (χ2v) is 7.20. The van der Waals surface area contributed by atoms with Gasteiger partial charge < -0.3 is 15.8 Å². The number of hydrogen-bond acceptors (Lipinski definition) is 3. The molecule has 1 amide bonds. The quantitative estimate of drug-likeness (QED) is 0.759. The first kappa shape index (κ1) is 19.4. The highest BCUT2D eigenvalue weighted by Crippen LogP contribution is 2.47. The molecule has 2 bridgehead atoms. The van der Waals surface area contributed by atoms with Crippen molar-refractivity contribution in [2.75, 3.05) is 0 Å². The van der Waals surface area contributed by atoms with Gasteiger partial charge in [0.2, 0.25) is 5.91 Å². The van der Waals surface area contributed by atoms with Crippen LogP contribution in [0.3, 0.4) is 0 Å². The Labute approximate surface area is 154 Å². The van der Waals surface area contributed by atoms with Gasteiger partial charge in [-0.2, -0.15) is 8.78 Å². The monoisotopic (exact) mass is 424 g/mol. The Balaban J connectivity index is 0.00000208. The molecule has 0 aliphatic heterocycles. The zero-order valence-electron chi connectivity index (χ0n) is 12.9. The van der Waals surface area contributed by atoms with E-state index >= 15 is 0 Å². The number of ether oxygens (including phenoxy) is 1. The van der Waals surface area contributed by atoms with Crippen LogP contribution in [0.5, 0.6) is 5.75 Å². The van der Waals surface area contributed by atoms with E-state index in [9.17, 15) is 13.6 Å². The van der Waals surface area contributed by atoms with Gasteiger partial charge >= 0.3 is 6.61 Å². The number of benzene rings is 1. The van der Waals surface area contributed by atoms with Gasteiger partial charge in [0.05, 0.1) is 5.92 Å². The van der Waals surface area contributed by atoms with Crippen molar-refractivity contribution in [2.45, 2.75) is 38.5 Å². The maximum atomic E-state index is 12.5. The summed E-state index contributed by atoms with van der Waals surface area (Å²) in [6, 6.07) is 4.65. The van der Waals surface area contributed by atoms with E-state index in [0.717, 1.165) is 23.7 Å². The molecule has 3 N–H and O–H groups in total. The predicted octanol–water partition coefficient (Wildman–Crippen LogP) is 3.46. The number of carbonyl (C=O) groups is 1. The third-order valence-corrected chi connectivity index (χ3v) is 5.47. The van der Waals surface area contributed by atoms with E-state index in [-0.39, 0.29) is 42.6 Å². The summed E-state index contributed by atoms with van der Waals surface area (Å²) in [5.41, 5.74) is 6.67. The fraction of sp³-hybridized carbons (Fsp3) is 0.562. The van der Waals surface area contributed by atoms with Crippen LogP contribution < -0.4 is 15.8 Å². The minimum absolute atomic E-state index is 0. The first-order chi connectivity index (χ1) is 11.0. The molecule has 134 valence electrons. The first-order valence-corrected chi connectivity index (χ1v) is 8.51. The molecule has 4 nitrogen and oxygen atoms in total. The Morgan fingerprint density at radius 3 is 2.71 bits per heavy atom. The van der Waals surface area contributed by atoms with Crippen LogP contribution in [-0.4, -0.2) is 18.6 Å². The zero-order chi connectivity index (χ0) is 16.6. The lowest BCUT2D eigenvalue weighted by atomic mass is 9.84. The summed E-state index contributed by atoms with van der Waals surface area (Å²) in [5, 5.41) is 2.83. The molecule has 2 saturated carbocycles. The number of alkyl halides is 2. The summed E-state index contributed by atoms with van der Waals surface area (Å²) < 4.78 is 30.2. The van der Waals surface area contributed by atoms with E-state index in [1.54, 1.807) is 12.1 Å². The van der Waals surface area contributed by atoms with Crippen LogP contribution in [0.4, 0.5) is 8.78 Å². The third kappa shape index (κ3) is 4.00. The summed E-state index contributed by atoms with van der Waals surface area (Å²) in [5.74, 6) is 0.613. The van der Waals surface area contributed by atoms with Crippen LogP contribution in [0.2, 0.25) is 0 Å².